The fraction of sp³-hybridized carbons (Fsp3) is 0.400. The topological polar surface area (TPSA) is 41.5 Å². The highest BCUT2D eigenvalue weighted by Gasteiger charge is 2.08. The van der Waals surface area contributed by atoms with Gasteiger partial charge in [0.25, 0.3) is 0 Å². The van der Waals surface area contributed by atoms with Gasteiger partial charge in [0.15, 0.2) is 0 Å². The lowest BCUT2D eigenvalue weighted by Crippen LogP contribution is -2.20. The molecular weight excluding hydrogens is 317 g/mol. The van der Waals surface area contributed by atoms with Gasteiger partial charge in [0.2, 0.25) is 0 Å². The molecule has 1 aromatic carbocycles. The molecular formula is C10H12BrCl2NO2. The molecule has 0 aromatic heterocycles. The minimum absolute atomic E-state index is 0.190. The van der Waals surface area contributed by atoms with Gasteiger partial charge in [0.05, 0.1) is 29.8 Å². The van der Waals surface area contributed by atoms with E-state index in [1.807, 2.05) is 0 Å². The second kappa shape index (κ2) is 6.55. The van der Waals surface area contributed by atoms with Crippen molar-refractivity contribution in [1.29, 1.82) is 0 Å². The molecule has 0 saturated carbocycles. The standard InChI is InChI=1S/C10H12BrCl2NO2/c1-16-10-3-9(7(11)2-8(10)13)14-5-6(15)4-12/h2-3,6,14-15H,4-5H2,1H3. The van der Waals surface area contributed by atoms with Crippen molar-refractivity contribution >= 4 is 44.8 Å². The Bertz CT molecular complexity index is 363. The number of rotatable bonds is 5. The van der Waals surface area contributed by atoms with Crippen molar-refractivity contribution in [2.75, 3.05) is 24.9 Å². The lowest BCUT2D eigenvalue weighted by Gasteiger charge is -2.13. The van der Waals surface area contributed by atoms with Gasteiger partial charge in [-0.3, -0.25) is 0 Å². The summed E-state index contributed by atoms with van der Waals surface area (Å²) in [4.78, 5) is 0. The molecule has 1 unspecified atom stereocenters. The number of benzene rings is 1. The molecule has 0 aliphatic carbocycles. The summed E-state index contributed by atoms with van der Waals surface area (Å²) < 4.78 is 5.90. The molecule has 0 saturated heterocycles. The van der Waals surface area contributed by atoms with Crippen LogP contribution in [0.25, 0.3) is 0 Å². The highest BCUT2D eigenvalue weighted by molar-refractivity contribution is 9.10. The largest absolute Gasteiger partial charge is 0.495 e. The Hall–Kier alpha value is -0.160. The highest BCUT2D eigenvalue weighted by Crippen LogP contribution is 2.34. The maximum atomic E-state index is 9.32. The van der Waals surface area contributed by atoms with Crippen LogP contribution >= 0.6 is 39.1 Å². The second-order valence-electron chi connectivity index (χ2n) is 3.16. The average molecular weight is 329 g/mol. The Balaban J connectivity index is 2.79. The zero-order valence-corrected chi connectivity index (χ0v) is 11.7. The van der Waals surface area contributed by atoms with Crippen LogP contribution in [0.3, 0.4) is 0 Å². The molecule has 3 nitrogen and oxygen atoms in total. The SMILES string of the molecule is COc1cc(NCC(O)CCl)c(Br)cc1Cl. The number of alkyl halides is 1. The number of halogens is 3. The molecule has 0 spiro atoms. The van der Waals surface area contributed by atoms with Crippen LogP contribution in [0, 0.1) is 0 Å². The summed E-state index contributed by atoms with van der Waals surface area (Å²) in [6, 6.07) is 3.49. The van der Waals surface area contributed by atoms with Crippen molar-refractivity contribution in [3.63, 3.8) is 0 Å². The average Bonchev–Trinajstić information content (AvgIpc) is 2.27. The summed E-state index contributed by atoms with van der Waals surface area (Å²) in [5.41, 5.74) is 0.797. The number of hydrogen-bond donors (Lipinski definition) is 2. The molecule has 1 atom stereocenters. The summed E-state index contributed by atoms with van der Waals surface area (Å²) >= 11 is 14.8. The van der Waals surface area contributed by atoms with E-state index in [1.54, 1.807) is 19.2 Å². The number of nitrogens with one attached hydrogen (secondary N) is 1. The zero-order chi connectivity index (χ0) is 12.1. The minimum atomic E-state index is -0.588. The number of hydrogen-bond acceptors (Lipinski definition) is 3. The van der Waals surface area contributed by atoms with E-state index in [9.17, 15) is 5.11 Å². The zero-order valence-electron chi connectivity index (χ0n) is 8.64. The van der Waals surface area contributed by atoms with Crippen LogP contribution in [0.5, 0.6) is 5.75 Å². The second-order valence-corrected chi connectivity index (χ2v) is 4.73. The summed E-state index contributed by atoms with van der Waals surface area (Å²) in [5.74, 6) is 0.766. The van der Waals surface area contributed by atoms with Crippen molar-refractivity contribution < 1.29 is 9.84 Å². The Morgan fingerprint density at radius 3 is 2.81 bits per heavy atom. The Kier molecular flexibility index (Phi) is 5.69. The lowest BCUT2D eigenvalue weighted by molar-refractivity contribution is 0.211. The summed E-state index contributed by atoms with van der Waals surface area (Å²) in [7, 11) is 1.55. The fourth-order valence-corrected chi connectivity index (χ4v) is 2.07. The van der Waals surface area contributed by atoms with Gasteiger partial charge in [0.1, 0.15) is 5.75 Å². The molecule has 2 N–H and O–H groups in total. The number of anilines is 1. The van der Waals surface area contributed by atoms with Crippen molar-refractivity contribution in [2.24, 2.45) is 0 Å². The minimum Gasteiger partial charge on any atom is -0.495 e. The van der Waals surface area contributed by atoms with Gasteiger partial charge in [0, 0.05) is 17.1 Å². The lowest BCUT2D eigenvalue weighted by atomic mass is 10.3. The van der Waals surface area contributed by atoms with Crippen molar-refractivity contribution in [3.05, 3.63) is 21.6 Å². The van der Waals surface area contributed by atoms with Gasteiger partial charge in [-0.25, -0.2) is 0 Å². The number of ether oxygens (including phenoxy) is 1. The third-order valence-electron chi connectivity index (χ3n) is 1.95. The van der Waals surface area contributed by atoms with Crippen molar-refractivity contribution in [3.8, 4) is 5.75 Å². The third kappa shape index (κ3) is 3.70. The molecule has 1 rings (SSSR count). The van der Waals surface area contributed by atoms with Crippen LogP contribution < -0.4 is 10.1 Å². The van der Waals surface area contributed by atoms with E-state index in [1.165, 1.54) is 0 Å². The van der Waals surface area contributed by atoms with E-state index in [2.05, 4.69) is 21.2 Å². The molecule has 0 radical (unpaired) electrons. The van der Waals surface area contributed by atoms with Crippen molar-refractivity contribution in [1.82, 2.24) is 0 Å². The highest BCUT2D eigenvalue weighted by atomic mass is 79.9. The van der Waals surface area contributed by atoms with Crippen LogP contribution in [0.1, 0.15) is 0 Å². The van der Waals surface area contributed by atoms with E-state index < -0.39 is 6.10 Å². The maximum absolute atomic E-state index is 9.32. The Morgan fingerprint density at radius 2 is 2.25 bits per heavy atom. The maximum Gasteiger partial charge on any atom is 0.139 e. The molecule has 0 bridgehead atoms. The first kappa shape index (κ1) is 13.9. The van der Waals surface area contributed by atoms with Crippen LogP contribution in [0.2, 0.25) is 5.02 Å². The summed E-state index contributed by atoms with van der Waals surface area (Å²) in [5, 5.41) is 12.9. The normalized spacial score (nSPS) is 12.3. The Morgan fingerprint density at radius 1 is 1.56 bits per heavy atom. The van der Waals surface area contributed by atoms with Gasteiger partial charge >= 0.3 is 0 Å². The molecule has 90 valence electrons. The summed E-state index contributed by atoms with van der Waals surface area (Å²) in [6.45, 7) is 0.368. The molecule has 1 aromatic rings. The third-order valence-corrected chi connectivity index (χ3v) is 3.26. The van der Waals surface area contributed by atoms with Gasteiger partial charge in [-0.1, -0.05) is 11.6 Å². The fourth-order valence-electron chi connectivity index (χ4n) is 1.10. The monoisotopic (exact) mass is 327 g/mol. The van der Waals surface area contributed by atoms with E-state index in [0.29, 0.717) is 17.3 Å². The first-order valence-electron chi connectivity index (χ1n) is 4.59. The molecule has 0 amide bonds. The predicted octanol–water partition coefficient (Wildman–Crippen LogP) is 3.12. The van der Waals surface area contributed by atoms with Gasteiger partial charge in [-0.2, -0.15) is 0 Å². The smallest absolute Gasteiger partial charge is 0.139 e. The predicted molar refractivity (Wildman–Crippen MR) is 70.9 cm³/mol. The van der Waals surface area contributed by atoms with Crippen LogP contribution in [-0.2, 0) is 0 Å². The molecule has 6 heteroatoms. The Labute approximate surface area is 113 Å². The van der Waals surface area contributed by atoms with Gasteiger partial charge in [-0.05, 0) is 22.0 Å². The first-order chi connectivity index (χ1) is 7.58. The van der Waals surface area contributed by atoms with Crippen LogP contribution in [0.4, 0.5) is 5.69 Å². The molecule has 16 heavy (non-hydrogen) atoms. The first-order valence-corrected chi connectivity index (χ1v) is 6.30. The molecule has 0 aliphatic rings. The van der Waals surface area contributed by atoms with Crippen LogP contribution in [-0.4, -0.2) is 30.7 Å². The van der Waals surface area contributed by atoms with E-state index in [0.717, 1.165) is 10.2 Å². The van der Waals surface area contributed by atoms with Gasteiger partial charge in [-0.15, -0.1) is 11.6 Å². The number of aliphatic hydroxyl groups excluding tert-OH is 1. The van der Waals surface area contributed by atoms with E-state index >= 15 is 0 Å². The summed E-state index contributed by atoms with van der Waals surface area (Å²) in [6.07, 6.45) is -0.588. The molecule has 0 fully saturated rings. The molecule has 0 aliphatic heterocycles. The van der Waals surface area contributed by atoms with Crippen LogP contribution in [0.15, 0.2) is 16.6 Å². The number of methoxy groups -OCH3 is 1. The van der Waals surface area contributed by atoms with E-state index in [-0.39, 0.29) is 5.88 Å². The van der Waals surface area contributed by atoms with Gasteiger partial charge < -0.3 is 15.2 Å². The molecule has 0 heterocycles. The quantitative estimate of drug-likeness (QED) is 0.816. The van der Waals surface area contributed by atoms with E-state index in [4.69, 9.17) is 27.9 Å². The van der Waals surface area contributed by atoms with Crippen molar-refractivity contribution in [2.45, 2.75) is 6.10 Å². The number of aliphatic hydroxyl groups is 1.